The topological polar surface area (TPSA) is 77.2 Å². The number of carbonyl (C=O) groups is 1. The Hall–Kier alpha value is -1.62. The Bertz CT molecular complexity index is 380. The number of ether oxygens (including phenoxy) is 1. The number of aromatic nitrogens is 1. The summed E-state index contributed by atoms with van der Waals surface area (Å²) in [5, 5.41) is 2.82. The number of amides is 1. The number of nitrogens with one attached hydrogen (secondary N) is 1. The lowest BCUT2D eigenvalue weighted by molar-refractivity contribution is -0.125. The second-order valence-corrected chi connectivity index (χ2v) is 4.04. The summed E-state index contributed by atoms with van der Waals surface area (Å²) in [6.45, 7) is 4.02. The van der Waals surface area contributed by atoms with Gasteiger partial charge in [-0.2, -0.15) is 0 Å². The number of hydrogen-bond acceptors (Lipinski definition) is 4. The van der Waals surface area contributed by atoms with E-state index in [9.17, 15) is 4.79 Å². The predicted molar refractivity (Wildman–Crippen MR) is 65.4 cm³/mol. The Kier molecular flexibility index (Phi) is 4.90. The van der Waals surface area contributed by atoms with Gasteiger partial charge in [0.05, 0.1) is 7.11 Å². The molecule has 94 valence electrons. The molecule has 1 aromatic heterocycles. The smallest absolute Gasteiger partial charge is 0.224 e. The summed E-state index contributed by atoms with van der Waals surface area (Å²) in [7, 11) is 1.55. The Morgan fingerprint density at radius 3 is 2.88 bits per heavy atom. The molecule has 1 amide bonds. The van der Waals surface area contributed by atoms with E-state index in [1.807, 2.05) is 13.0 Å². The van der Waals surface area contributed by atoms with Crippen molar-refractivity contribution in [2.24, 2.45) is 11.7 Å². The third-order valence-electron chi connectivity index (χ3n) is 2.70. The highest BCUT2D eigenvalue weighted by Gasteiger charge is 2.16. The van der Waals surface area contributed by atoms with E-state index in [1.54, 1.807) is 26.3 Å². The zero-order valence-corrected chi connectivity index (χ0v) is 10.4. The maximum Gasteiger partial charge on any atom is 0.224 e. The lowest BCUT2D eigenvalue weighted by Crippen LogP contribution is -2.38. The van der Waals surface area contributed by atoms with Gasteiger partial charge in [0.1, 0.15) is 0 Å². The maximum atomic E-state index is 11.7. The van der Waals surface area contributed by atoms with Crippen molar-refractivity contribution in [1.29, 1.82) is 0 Å². The van der Waals surface area contributed by atoms with Gasteiger partial charge in [-0.05, 0) is 13.0 Å². The van der Waals surface area contributed by atoms with Crippen LogP contribution in [0.2, 0.25) is 0 Å². The molecular weight excluding hydrogens is 218 g/mol. The van der Waals surface area contributed by atoms with E-state index < -0.39 is 0 Å². The summed E-state index contributed by atoms with van der Waals surface area (Å²) in [5.74, 6) is 0.254. The molecule has 0 aliphatic carbocycles. The molecular formula is C12H19N3O2. The van der Waals surface area contributed by atoms with Crippen molar-refractivity contribution in [3.8, 4) is 5.88 Å². The van der Waals surface area contributed by atoms with Crippen molar-refractivity contribution in [3.63, 3.8) is 0 Å². The third-order valence-corrected chi connectivity index (χ3v) is 2.70. The van der Waals surface area contributed by atoms with Gasteiger partial charge < -0.3 is 15.8 Å². The summed E-state index contributed by atoms with van der Waals surface area (Å²) >= 11 is 0. The van der Waals surface area contributed by atoms with E-state index in [-0.39, 0.29) is 17.9 Å². The van der Waals surface area contributed by atoms with Gasteiger partial charge in [0.15, 0.2) is 0 Å². The van der Waals surface area contributed by atoms with Gasteiger partial charge in [0, 0.05) is 30.3 Å². The minimum Gasteiger partial charge on any atom is -0.481 e. The minimum atomic E-state index is -0.210. The van der Waals surface area contributed by atoms with Crippen LogP contribution in [0.3, 0.4) is 0 Å². The molecule has 1 heterocycles. The van der Waals surface area contributed by atoms with Gasteiger partial charge in [-0.15, -0.1) is 0 Å². The molecule has 0 fully saturated rings. The summed E-state index contributed by atoms with van der Waals surface area (Å²) < 4.78 is 5.10. The Morgan fingerprint density at radius 2 is 2.29 bits per heavy atom. The van der Waals surface area contributed by atoms with E-state index in [4.69, 9.17) is 10.5 Å². The number of carbonyl (C=O) groups excluding carboxylic acids is 1. The average molecular weight is 237 g/mol. The zero-order chi connectivity index (χ0) is 12.8. The zero-order valence-electron chi connectivity index (χ0n) is 10.4. The van der Waals surface area contributed by atoms with Gasteiger partial charge in [0.2, 0.25) is 11.8 Å². The van der Waals surface area contributed by atoms with E-state index in [2.05, 4.69) is 10.3 Å². The fourth-order valence-corrected chi connectivity index (χ4v) is 1.32. The molecule has 5 nitrogen and oxygen atoms in total. The van der Waals surface area contributed by atoms with Gasteiger partial charge in [0.25, 0.3) is 0 Å². The van der Waals surface area contributed by atoms with Gasteiger partial charge in [-0.25, -0.2) is 4.98 Å². The normalized spacial score (nSPS) is 13.9. The summed E-state index contributed by atoms with van der Waals surface area (Å²) in [4.78, 5) is 15.8. The lowest BCUT2D eigenvalue weighted by atomic mass is 10.0. The number of rotatable bonds is 5. The first-order valence-corrected chi connectivity index (χ1v) is 5.57. The fourth-order valence-electron chi connectivity index (χ4n) is 1.32. The number of hydrogen-bond donors (Lipinski definition) is 2. The van der Waals surface area contributed by atoms with Crippen LogP contribution in [0.15, 0.2) is 18.3 Å². The Labute approximate surface area is 101 Å². The molecule has 0 aliphatic rings. The molecule has 5 heteroatoms. The van der Waals surface area contributed by atoms with Crippen molar-refractivity contribution >= 4 is 5.91 Å². The van der Waals surface area contributed by atoms with Gasteiger partial charge >= 0.3 is 0 Å². The number of pyridine rings is 1. The van der Waals surface area contributed by atoms with Crippen LogP contribution in [0.4, 0.5) is 0 Å². The molecule has 0 saturated carbocycles. The number of methoxy groups -OCH3 is 1. The Balaban J connectivity index is 2.58. The summed E-state index contributed by atoms with van der Waals surface area (Å²) in [6.07, 6.45) is 1.65. The summed E-state index contributed by atoms with van der Waals surface area (Å²) in [5.41, 5.74) is 6.51. The average Bonchev–Trinajstić information content (AvgIpc) is 2.35. The highest BCUT2D eigenvalue weighted by Crippen LogP contribution is 2.13. The monoisotopic (exact) mass is 237 g/mol. The van der Waals surface area contributed by atoms with Crippen LogP contribution >= 0.6 is 0 Å². The van der Waals surface area contributed by atoms with Crippen LogP contribution in [0.25, 0.3) is 0 Å². The molecule has 3 N–H and O–H groups in total. The Morgan fingerprint density at radius 1 is 1.59 bits per heavy atom. The molecule has 1 aromatic rings. The first-order valence-electron chi connectivity index (χ1n) is 5.57. The highest BCUT2D eigenvalue weighted by molar-refractivity contribution is 5.78. The van der Waals surface area contributed by atoms with Crippen molar-refractivity contribution in [1.82, 2.24) is 10.3 Å². The van der Waals surface area contributed by atoms with Gasteiger partial charge in [-0.1, -0.05) is 13.0 Å². The van der Waals surface area contributed by atoms with E-state index in [0.717, 1.165) is 5.56 Å². The first-order chi connectivity index (χ1) is 8.06. The molecule has 2 unspecified atom stereocenters. The molecule has 0 radical (unpaired) electrons. The van der Waals surface area contributed by atoms with Crippen LogP contribution in [-0.2, 0) is 11.3 Å². The van der Waals surface area contributed by atoms with Gasteiger partial charge in [-0.3, -0.25) is 4.79 Å². The molecule has 1 rings (SSSR count). The lowest BCUT2D eigenvalue weighted by Gasteiger charge is -2.15. The molecule has 0 saturated heterocycles. The highest BCUT2D eigenvalue weighted by atomic mass is 16.5. The van der Waals surface area contributed by atoms with Crippen molar-refractivity contribution in [2.45, 2.75) is 26.4 Å². The second-order valence-electron chi connectivity index (χ2n) is 4.04. The molecule has 0 spiro atoms. The SMILES string of the molecule is COc1ncccc1CNC(=O)C(C)C(C)N. The van der Waals surface area contributed by atoms with Crippen LogP contribution in [-0.4, -0.2) is 24.0 Å². The predicted octanol–water partition coefficient (Wildman–Crippen LogP) is 0.690. The maximum absolute atomic E-state index is 11.7. The quantitative estimate of drug-likeness (QED) is 0.790. The van der Waals surface area contributed by atoms with Crippen LogP contribution in [0.1, 0.15) is 19.4 Å². The van der Waals surface area contributed by atoms with E-state index in [0.29, 0.717) is 12.4 Å². The summed E-state index contributed by atoms with van der Waals surface area (Å²) in [6, 6.07) is 3.51. The first kappa shape index (κ1) is 13.4. The van der Waals surface area contributed by atoms with E-state index >= 15 is 0 Å². The molecule has 17 heavy (non-hydrogen) atoms. The van der Waals surface area contributed by atoms with Crippen molar-refractivity contribution in [3.05, 3.63) is 23.9 Å². The van der Waals surface area contributed by atoms with E-state index in [1.165, 1.54) is 0 Å². The largest absolute Gasteiger partial charge is 0.481 e. The standard InChI is InChI=1S/C12H19N3O2/c1-8(9(2)13)11(16)15-7-10-5-4-6-14-12(10)17-3/h4-6,8-9H,7,13H2,1-3H3,(H,15,16). The van der Waals surface area contributed by atoms with Crippen LogP contribution < -0.4 is 15.8 Å². The third kappa shape index (κ3) is 3.71. The molecule has 0 aliphatic heterocycles. The molecule has 0 aromatic carbocycles. The number of nitrogens with zero attached hydrogens (tertiary/aromatic N) is 1. The van der Waals surface area contributed by atoms with Crippen molar-refractivity contribution < 1.29 is 9.53 Å². The fraction of sp³-hybridized carbons (Fsp3) is 0.500. The van der Waals surface area contributed by atoms with Crippen LogP contribution in [0.5, 0.6) is 5.88 Å². The molecule has 0 bridgehead atoms. The number of nitrogens with two attached hydrogens (primary N) is 1. The van der Waals surface area contributed by atoms with Crippen LogP contribution in [0, 0.1) is 5.92 Å². The molecule has 2 atom stereocenters. The minimum absolute atomic E-state index is 0.0640. The van der Waals surface area contributed by atoms with Crippen molar-refractivity contribution in [2.75, 3.05) is 7.11 Å². The second kappa shape index (κ2) is 6.20.